The molecule has 2 rings (SSSR count). The van der Waals surface area contributed by atoms with Gasteiger partial charge in [0.1, 0.15) is 0 Å². The quantitative estimate of drug-likeness (QED) is 0.728. The lowest BCUT2D eigenvalue weighted by molar-refractivity contribution is 0.322. The van der Waals surface area contributed by atoms with E-state index in [0.717, 1.165) is 17.9 Å². The van der Waals surface area contributed by atoms with Crippen molar-refractivity contribution in [1.29, 1.82) is 0 Å². The minimum Gasteiger partial charge on any atom is -0.369 e. The molecule has 0 N–H and O–H groups in total. The van der Waals surface area contributed by atoms with Crippen LogP contribution >= 0.6 is 11.6 Å². The first kappa shape index (κ1) is 12.9. The number of hydrogen-bond acceptors (Lipinski definition) is 1. The molecule has 1 saturated heterocycles. The molecule has 0 amide bonds. The van der Waals surface area contributed by atoms with E-state index in [1.165, 1.54) is 16.7 Å². The fourth-order valence-electron chi connectivity index (χ4n) is 2.45. The highest BCUT2D eigenvalue weighted by molar-refractivity contribution is 6.31. The summed E-state index contributed by atoms with van der Waals surface area (Å²) in [5.41, 5.74) is 3.84. The molecule has 1 fully saturated rings. The fourth-order valence-corrected chi connectivity index (χ4v) is 2.74. The molecule has 0 spiro atoms. The maximum Gasteiger partial charge on any atom is 0.0870 e. The SMILES string of the molecule is CCC1OC1C(C)Cc1cc(C)c(C)cc1Cl. The van der Waals surface area contributed by atoms with Gasteiger partial charge in [0.2, 0.25) is 0 Å². The Labute approximate surface area is 109 Å². The van der Waals surface area contributed by atoms with Crippen molar-refractivity contribution in [2.24, 2.45) is 5.92 Å². The van der Waals surface area contributed by atoms with Crippen LogP contribution in [-0.2, 0) is 11.2 Å². The molecule has 3 atom stereocenters. The summed E-state index contributed by atoms with van der Waals surface area (Å²) in [5.74, 6) is 0.555. The zero-order valence-electron chi connectivity index (χ0n) is 11.1. The predicted molar refractivity (Wildman–Crippen MR) is 72.7 cm³/mol. The van der Waals surface area contributed by atoms with Gasteiger partial charge in [-0.25, -0.2) is 0 Å². The molecular formula is C15H21ClO. The van der Waals surface area contributed by atoms with Gasteiger partial charge in [0.25, 0.3) is 0 Å². The van der Waals surface area contributed by atoms with E-state index in [0.29, 0.717) is 18.1 Å². The van der Waals surface area contributed by atoms with Crippen LogP contribution < -0.4 is 0 Å². The Morgan fingerprint density at radius 1 is 1.29 bits per heavy atom. The van der Waals surface area contributed by atoms with E-state index in [9.17, 15) is 0 Å². The highest BCUT2D eigenvalue weighted by Crippen LogP contribution is 2.34. The van der Waals surface area contributed by atoms with E-state index in [-0.39, 0.29) is 0 Å². The second kappa shape index (κ2) is 4.99. The maximum absolute atomic E-state index is 6.30. The van der Waals surface area contributed by atoms with E-state index in [4.69, 9.17) is 16.3 Å². The van der Waals surface area contributed by atoms with Gasteiger partial charge in [-0.05, 0) is 55.4 Å². The molecule has 1 nitrogen and oxygen atoms in total. The lowest BCUT2D eigenvalue weighted by atomic mass is 9.94. The summed E-state index contributed by atoms with van der Waals surface area (Å²) >= 11 is 6.30. The Morgan fingerprint density at radius 2 is 1.94 bits per heavy atom. The number of halogens is 1. The van der Waals surface area contributed by atoms with Crippen molar-refractivity contribution in [3.05, 3.63) is 33.8 Å². The number of aryl methyl sites for hydroxylation is 2. The molecule has 0 aliphatic carbocycles. The van der Waals surface area contributed by atoms with Gasteiger partial charge in [-0.15, -0.1) is 0 Å². The van der Waals surface area contributed by atoms with Crippen molar-refractivity contribution in [2.45, 2.75) is 52.7 Å². The van der Waals surface area contributed by atoms with Crippen molar-refractivity contribution in [3.63, 3.8) is 0 Å². The molecule has 1 heterocycles. The van der Waals surface area contributed by atoms with Gasteiger partial charge < -0.3 is 4.74 Å². The van der Waals surface area contributed by atoms with Gasteiger partial charge in [-0.3, -0.25) is 0 Å². The van der Waals surface area contributed by atoms with Crippen molar-refractivity contribution in [1.82, 2.24) is 0 Å². The van der Waals surface area contributed by atoms with Crippen LogP contribution in [0.4, 0.5) is 0 Å². The highest BCUT2D eigenvalue weighted by atomic mass is 35.5. The minimum atomic E-state index is 0.442. The van der Waals surface area contributed by atoms with Gasteiger partial charge in [-0.2, -0.15) is 0 Å². The van der Waals surface area contributed by atoms with Crippen LogP contribution in [0.25, 0.3) is 0 Å². The average Bonchev–Trinajstić information content (AvgIpc) is 3.05. The van der Waals surface area contributed by atoms with Crippen LogP contribution in [0.15, 0.2) is 12.1 Å². The number of ether oxygens (including phenoxy) is 1. The van der Waals surface area contributed by atoms with E-state index in [1.54, 1.807) is 0 Å². The molecule has 0 aromatic heterocycles. The van der Waals surface area contributed by atoms with E-state index < -0.39 is 0 Å². The zero-order chi connectivity index (χ0) is 12.6. The highest BCUT2D eigenvalue weighted by Gasteiger charge is 2.41. The molecule has 1 aliphatic heterocycles. The molecule has 17 heavy (non-hydrogen) atoms. The van der Waals surface area contributed by atoms with Gasteiger partial charge in [0.05, 0.1) is 12.2 Å². The Balaban J connectivity index is 2.06. The molecule has 0 bridgehead atoms. The molecule has 1 aromatic carbocycles. The molecule has 3 unspecified atom stereocenters. The standard InChI is InChI=1S/C15H21ClO/c1-5-14-15(17-14)11(4)7-12-6-9(2)10(3)8-13(12)16/h6,8,11,14-15H,5,7H2,1-4H3. The monoisotopic (exact) mass is 252 g/mol. The van der Waals surface area contributed by atoms with Crippen LogP contribution in [-0.4, -0.2) is 12.2 Å². The third-order valence-electron chi connectivity index (χ3n) is 3.79. The van der Waals surface area contributed by atoms with Crippen LogP contribution in [0.3, 0.4) is 0 Å². The summed E-state index contributed by atoms with van der Waals surface area (Å²) in [7, 11) is 0. The first-order chi connectivity index (χ1) is 8.02. The molecule has 0 saturated carbocycles. The number of epoxide rings is 1. The summed E-state index contributed by atoms with van der Waals surface area (Å²) in [6.45, 7) is 8.68. The Hall–Kier alpha value is -0.530. The summed E-state index contributed by atoms with van der Waals surface area (Å²) in [4.78, 5) is 0. The first-order valence-corrected chi connectivity index (χ1v) is 6.81. The van der Waals surface area contributed by atoms with E-state index in [1.807, 2.05) is 0 Å². The van der Waals surface area contributed by atoms with Crippen molar-refractivity contribution in [2.75, 3.05) is 0 Å². The number of benzene rings is 1. The largest absolute Gasteiger partial charge is 0.369 e. The van der Waals surface area contributed by atoms with Crippen LogP contribution in [0.2, 0.25) is 5.02 Å². The average molecular weight is 253 g/mol. The lowest BCUT2D eigenvalue weighted by Gasteiger charge is -2.12. The molecule has 0 radical (unpaired) electrons. The topological polar surface area (TPSA) is 12.5 Å². The zero-order valence-corrected chi connectivity index (χ0v) is 11.8. The molecular weight excluding hydrogens is 232 g/mol. The van der Waals surface area contributed by atoms with E-state index in [2.05, 4.69) is 39.8 Å². The maximum atomic E-state index is 6.30. The molecule has 94 valence electrons. The number of hydrogen-bond donors (Lipinski definition) is 0. The van der Waals surface area contributed by atoms with Crippen LogP contribution in [0.1, 0.15) is 37.0 Å². The molecule has 2 heteroatoms. The van der Waals surface area contributed by atoms with Crippen LogP contribution in [0.5, 0.6) is 0 Å². The van der Waals surface area contributed by atoms with Gasteiger partial charge >= 0.3 is 0 Å². The van der Waals surface area contributed by atoms with E-state index >= 15 is 0 Å². The summed E-state index contributed by atoms with van der Waals surface area (Å²) in [5, 5.41) is 0.897. The van der Waals surface area contributed by atoms with Gasteiger partial charge in [0, 0.05) is 5.02 Å². The fraction of sp³-hybridized carbons (Fsp3) is 0.600. The lowest BCUT2D eigenvalue weighted by Crippen LogP contribution is -2.10. The second-order valence-electron chi connectivity index (χ2n) is 5.26. The normalized spacial score (nSPS) is 24.8. The van der Waals surface area contributed by atoms with Crippen molar-refractivity contribution < 1.29 is 4.74 Å². The molecule has 1 aliphatic rings. The van der Waals surface area contributed by atoms with Crippen molar-refractivity contribution in [3.8, 4) is 0 Å². The minimum absolute atomic E-state index is 0.442. The summed E-state index contributed by atoms with van der Waals surface area (Å²) in [6, 6.07) is 4.29. The second-order valence-corrected chi connectivity index (χ2v) is 5.66. The van der Waals surface area contributed by atoms with Crippen LogP contribution in [0, 0.1) is 19.8 Å². The summed E-state index contributed by atoms with van der Waals surface area (Å²) in [6.07, 6.45) is 3.06. The third-order valence-corrected chi connectivity index (χ3v) is 4.14. The van der Waals surface area contributed by atoms with Crippen molar-refractivity contribution >= 4 is 11.6 Å². The Kier molecular flexibility index (Phi) is 3.79. The van der Waals surface area contributed by atoms with Gasteiger partial charge in [0.15, 0.2) is 0 Å². The van der Waals surface area contributed by atoms with Gasteiger partial charge in [-0.1, -0.05) is 31.5 Å². The smallest absolute Gasteiger partial charge is 0.0870 e. The Bertz CT molecular complexity index is 414. The third kappa shape index (κ3) is 2.83. The molecule has 1 aromatic rings. The Morgan fingerprint density at radius 3 is 2.53 bits per heavy atom. The first-order valence-electron chi connectivity index (χ1n) is 6.44. The number of rotatable bonds is 4. The predicted octanol–water partition coefficient (Wildman–Crippen LogP) is 4.31. The summed E-state index contributed by atoms with van der Waals surface area (Å²) < 4.78 is 5.65.